The van der Waals surface area contributed by atoms with Crippen LogP contribution in [0, 0.1) is 0 Å². The second-order valence-corrected chi connectivity index (χ2v) is 6.53. The topological polar surface area (TPSA) is 77.0 Å². The molecule has 0 spiro atoms. The Hall–Kier alpha value is -2.18. The van der Waals surface area contributed by atoms with Gasteiger partial charge in [-0.3, -0.25) is 9.48 Å². The van der Waals surface area contributed by atoms with Crippen LogP contribution in [0.5, 0.6) is 0 Å². The van der Waals surface area contributed by atoms with E-state index in [1.807, 2.05) is 24.3 Å². The maximum atomic E-state index is 12.6. The molecule has 2 aliphatic rings. The Labute approximate surface area is 134 Å². The van der Waals surface area contributed by atoms with Crippen molar-refractivity contribution in [2.24, 2.45) is 7.05 Å². The normalized spacial score (nSPS) is 21.1. The van der Waals surface area contributed by atoms with Crippen LogP contribution in [0.2, 0.25) is 0 Å². The van der Waals surface area contributed by atoms with Gasteiger partial charge in [-0.2, -0.15) is 10.1 Å². The van der Waals surface area contributed by atoms with Crippen molar-refractivity contribution in [2.45, 2.75) is 50.5 Å². The lowest BCUT2D eigenvalue weighted by Crippen LogP contribution is -2.31. The number of hydrogen-bond donors (Lipinski definition) is 0. The van der Waals surface area contributed by atoms with Gasteiger partial charge in [0.05, 0.1) is 12.2 Å². The highest BCUT2D eigenvalue weighted by Crippen LogP contribution is 2.40. The number of hydrogen-bond acceptors (Lipinski definition) is 5. The Morgan fingerprint density at radius 1 is 1.39 bits per heavy atom. The molecule has 23 heavy (non-hydrogen) atoms. The molecule has 2 fully saturated rings. The van der Waals surface area contributed by atoms with Gasteiger partial charge in [0.2, 0.25) is 11.8 Å². The van der Waals surface area contributed by atoms with Gasteiger partial charge >= 0.3 is 0 Å². The minimum atomic E-state index is -0.0207. The first-order valence-corrected chi connectivity index (χ1v) is 8.31. The number of rotatable bonds is 5. The van der Waals surface area contributed by atoms with E-state index in [0.717, 1.165) is 50.1 Å². The van der Waals surface area contributed by atoms with Crippen LogP contribution in [0.15, 0.2) is 16.9 Å². The molecule has 1 amide bonds. The first-order chi connectivity index (χ1) is 11.2. The number of aromatic nitrogens is 4. The van der Waals surface area contributed by atoms with Crippen LogP contribution in [-0.2, 0) is 18.3 Å². The van der Waals surface area contributed by atoms with Crippen molar-refractivity contribution in [1.82, 2.24) is 24.8 Å². The molecule has 1 aliphatic heterocycles. The van der Waals surface area contributed by atoms with E-state index >= 15 is 0 Å². The summed E-state index contributed by atoms with van der Waals surface area (Å²) >= 11 is 0. The highest BCUT2D eigenvalue weighted by molar-refractivity contribution is 5.77. The van der Waals surface area contributed by atoms with Crippen molar-refractivity contribution in [1.29, 1.82) is 0 Å². The van der Waals surface area contributed by atoms with Gasteiger partial charge in [-0.05, 0) is 37.7 Å². The van der Waals surface area contributed by atoms with Gasteiger partial charge in [-0.15, -0.1) is 0 Å². The molecular weight excluding hydrogens is 294 g/mol. The first-order valence-electron chi connectivity index (χ1n) is 8.31. The molecule has 1 atom stereocenters. The van der Waals surface area contributed by atoms with Gasteiger partial charge in [0.1, 0.15) is 0 Å². The van der Waals surface area contributed by atoms with E-state index in [1.54, 1.807) is 4.68 Å². The lowest BCUT2D eigenvalue weighted by Gasteiger charge is -2.22. The van der Waals surface area contributed by atoms with Gasteiger partial charge in [-0.1, -0.05) is 5.16 Å². The summed E-state index contributed by atoms with van der Waals surface area (Å²) in [6.45, 7) is 0.782. The zero-order valence-electron chi connectivity index (χ0n) is 13.3. The van der Waals surface area contributed by atoms with Crippen LogP contribution < -0.4 is 0 Å². The maximum Gasteiger partial charge on any atom is 0.229 e. The summed E-state index contributed by atoms with van der Waals surface area (Å²) in [5.41, 5.74) is 1.09. The smallest absolute Gasteiger partial charge is 0.229 e. The van der Waals surface area contributed by atoms with E-state index in [9.17, 15) is 4.79 Å². The van der Waals surface area contributed by atoms with Crippen LogP contribution in [0.4, 0.5) is 0 Å². The SMILES string of the molecule is Cn1cc(CCC(=O)N2CCCC2c2noc(C3CC3)n2)cn1. The summed E-state index contributed by atoms with van der Waals surface area (Å²) in [5.74, 6) is 2.04. The Morgan fingerprint density at radius 2 is 2.26 bits per heavy atom. The molecule has 7 nitrogen and oxygen atoms in total. The number of carbonyl (C=O) groups excluding carboxylic acids is 1. The average Bonchev–Trinajstić information content (AvgIpc) is 2.96. The monoisotopic (exact) mass is 315 g/mol. The fraction of sp³-hybridized carbons (Fsp3) is 0.625. The Morgan fingerprint density at radius 3 is 3.00 bits per heavy atom. The van der Waals surface area contributed by atoms with E-state index in [0.29, 0.717) is 18.2 Å². The quantitative estimate of drug-likeness (QED) is 0.843. The number of aryl methyl sites for hydroxylation is 2. The third-order valence-corrected chi connectivity index (χ3v) is 4.64. The molecule has 0 bridgehead atoms. The Balaban J connectivity index is 1.40. The molecule has 1 saturated heterocycles. The number of amides is 1. The van der Waals surface area contributed by atoms with Crippen molar-refractivity contribution in [3.05, 3.63) is 29.7 Å². The third kappa shape index (κ3) is 3.00. The van der Waals surface area contributed by atoms with Crippen LogP contribution in [0.1, 0.15) is 61.3 Å². The van der Waals surface area contributed by atoms with E-state index in [4.69, 9.17) is 4.52 Å². The molecule has 3 heterocycles. The molecular formula is C16H21N5O2. The summed E-state index contributed by atoms with van der Waals surface area (Å²) in [7, 11) is 1.88. The highest BCUT2D eigenvalue weighted by Gasteiger charge is 2.35. The minimum absolute atomic E-state index is 0.0207. The van der Waals surface area contributed by atoms with E-state index in [2.05, 4.69) is 15.2 Å². The molecule has 122 valence electrons. The molecule has 1 aliphatic carbocycles. The fourth-order valence-electron chi connectivity index (χ4n) is 3.21. The fourth-order valence-corrected chi connectivity index (χ4v) is 3.21. The largest absolute Gasteiger partial charge is 0.339 e. The number of nitrogens with zero attached hydrogens (tertiary/aromatic N) is 5. The zero-order chi connectivity index (χ0) is 15.8. The maximum absolute atomic E-state index is 12.6. The summed E-state index contributed by atoms with van der Waals surface area (Å²) < 4.78 is 7.11. The van der Waals surface area contributed by atoms with Crippen molar-refractivity contribution >= 4 is 5.91 Å². The Bertz CT molecular complexity index is 703. The van der Waals surface area contributed by atoms with Gasteiger partial charge in [-0.25, -0.2) is 0 Å². The lowest BCUT2D eigenvalue weighted by molar-refractivity contribution is -0.132. The van der Waals surface area contributed by atoms with Crippen LogP contribution >= 0.6 is 0 Å². The lowest BCUT2D eigenvalue weighted by atomic mass is 10.1. The van der Waals surface area contributed by atoms with Crippen LogP contribution in [-0.4, -0.2) is 37.3 Å². The summed E-state index contributed by atoms with van der Waals surface area (Å²) in [5, 5.41) is 8.26. The van der Waals surface area contributed by atoms with E-state index < -0.39 is 0 Å². The summed E-state index contributed by atoms with van der Waals surface area (Å²) in [4.78, 5) is 19.0. The molecule has 1 saturated carbocycles. The van der Waals surface area contributed by atoms with Gasteiger partial charge < -0.3 is 9.42 Å². The predicted molar refractivity (Wildman–Crippen MR) is 81.5 cm³/mol. The van der Waals surface area contributed by atoms with Gasteiger partial charge in [0.15, 0.2) is 5.82 Å². The molecule has 7 heteroatoms. The number of likely N-dealkylation sites (tertiary alicyclic amines) is 1. The van der Waals surface area contributed by atoms with Crippen molar-refractivity contribution in [3.63, 3.8) is 0 Å². The summed E-state index contributed by atoms with van der Waals surface area (Å²) in [6, 6.07) is -0.0207. The molecule has 2 aromatic rings. The van der Waals surface area contributed by atoms with Crippen molar-refractivity contribution in [2.75, 3.05) is 6.54 Å². The van der Waals surface area contributed by atoms with Crippen LogP contribution in [0.3, 0.4) is 0 Å². The molecule has 4 rings (SSSR count). The van der Waals surface area contributed by atoms with Crippen molar-refractivity contribution in [3.8, 4) is 0 Å². The Kier molecular flexibility index (Phi) is 3.63. The predicted octanol–water partition coefficient (Wildman–Crippen LogP) is 1.98. The first kappa shape index (κ1) is 14.4. The number of carbonyl (C=O) groups is 1. The highest BCUT2D eigenvalue weighted by atomic mass is 16.5. The molecule has 0 N–H and O–H groups in total. The molecule has 1 unspecified atom stereocenters. The molecule has 2 aromatic heterocycles. The second kappa shape index (κ2) is 5.79. The van der Waals surface area contributed by atoms with Gasteiger partial charge in [0, 0.05) is 32.1 Å². The average molecular weight is 315 g/mol. The van der Waals surface area contributed by atoms with Crippen molar-refractivity contribution < 1.29 is 9.32 Å². The third-order valence-electron chi connectivity index (χ3n) is 4.64. The van der Waals surface area contributed by atoms with E-state index in [1.165, 1.54) is 0 Å². The molecule has 0 aromatic carbocycles. The standard InChI is InChI=1S/C16H21N5O2/c1-20-10-11(9-17-20)4-7-14(22)21-8-2-3-13(21)15-18-16(23-19-15)12-5-6-12/h9-10,12-13H,2-8H2,1H3. The minimum Gasteiger partial charge on any atom is -0.339 e. The van der Waals surface area contributed by atoms with Crippen LogP contribution in [0.25, 0.3) is 0 Å². The van der Waals surface area contributed by atoms with E-state index in [-0.39, 0.29) is 11.9 Å². The van der Waals surface area contributed by atoms with Gasteiger partial charge in [0.25, 0.3) is 0 Å². The molecule has 0 radical (unpaired) electrons. The zero-order valence-corrected chi connectivity index (χ0v) is 13.3. The summed E-state index contributed by atoms with van der Waals surface area (Å²) in [6.07, 6.45) is 9.18. The second-order valence-electron chi connectivity index (χ2n) is 6.53.